The molecule has 108 valence electrons. The van der Waals surface area contributed by atoms with Gasteiger partial charge in [0.05, 0.1) is 19.3 Å². The number of aliphatic hydroxyl groups excluding tert-OH is 1. The fraction of sp³-hybridized carbons (Fsp3) is 0.214. The molecular weight excluding hydrogens is 270 g/mol. The number of nitrogens with one attached hydrogen (secondary N) is 1. The van der Waals surface area contributed by atoms with Crippen LogP contribution in [0.2, 0.25) is 0 Å². The molecule has 0 radical (unpaired) electrons. The number of hydrogen-bond acceptors (Lipinski definition) is 6. The highest BCUT2D eigenvalue weighted by atomic mass is 16.4. The SMILES string of the molecule is OCCn1cc(CNc2cccc(-c3nnco3)c2)cn1. The van der Waals surface area contributed by atoms with Crippen LogP contribution in [0.4, 0.5) is 5.69 Å². The molecule has 2 aromatic heterocycles. The molecule has 21 heavy (non-hydrogen) atoms. The number of aliphatic hydroxyl groups is 1. The van der Waals surface area contributed by atoms with Crippen molar-refractivity contribution in [1.29, 1.82) is 0 Å². The number of anilines is 1. The number of hydrogen-bond donors (Lipinski definition) is 2. The highest BCUT2D eigenvalue weighted by Crippen LogP contribution is 2.20. The molecule has 0 atom stereocenters. The molecule has 0 spiro atoms. The zero-order valence-corrected chi connectivity index (χ0v) is 11.3. The highest BCUT2D eigenvalue weighted by Gasteiger charge is 2.04. The third-order valence-electron chi connectivity index (χ3n) is 2.98. The maximum absolute atomic E-state index is 8.86. The Morgan fingerprint density at radius 2 is 2.29 bits per heavy atom. The molecule has 3 aromatic rings. The molecule has 0 amide bonds. The first kappa shape index (κ1) is 13.3. The monoisotopic (exact) mass is 285 g/mol. The molecule has 3 rings (SSSR count). The van der Waals surface area contributed by atoms with Crippen LogP contribution in [-0.2, 0) is 13.1 Å². The molecule has 0 aliphatic carbocycles. The van der Waals surface area contributed by atoms with Gasteiger partial charge < -0.3 is 14.8 Å². The second kappa shape index (κ2) is 6.19. The van der Waals surface area contributed by atoms with Gasteiger partial charge >= 0.3 is 0 Å². The average Bonchev–Trinajstić information content (AvgIpc) is 3.18. The summed E-state index contributed by atoms with van der Waals surface area (Å²) in [4.78, 5) is 0. The summed E-state index contributed by atoms with van der Waals surface area (Å²) < 4.78 is 6.89. The fourth-order valence-corrected chi connectivity index (χ4v) is 1.99. The topological polar surface area (TPSA) is 89.0 Å². The molecule has 2 N–H and O–H groups in total. The first-order valence-electron chi connectivity index (χ1n) is 6.58. The van der Waals surface area contributed by atoms with Gasteiger partial charge in [0.2, 0.25) is 12.3 Å². The lowest BCUT2D eigenvalue weighted by molar-refractivity contribution is 0.269. The summed E-state index contributed by atoms with van der Waals surface area (Å²) in [5.41, 5.74) is 2.88. The average molecular weight is 285 g/mol. The molecular formula is C14H15N5O2. The molecule has 0 aliphatic heterocycles. The van der Waals surface area contributed by atoms with Crippen LogP contribution in [0.5, 0.6) is 0 Å². The van der Waals surface area contributed by atoms with E-state index in [1.54, 1.807) is 10.9 Å². The maximum Gasteiger partial charge on any atom is 0.247 e. The van der Waals surface area contributed by atoms with Crippen molar-refractivity contribution in [2.45, 2.75) is 13.1 Å². The van der Waals surface area contributed by atoms with Crippen LogP contribution in [0.3, 0.4) is 0 Å². The van der Waals surface area contributed by atoms with Gasteiger partial charge in [0, 0.05) is 29.6 Å². The van der Waals surface area contributed by atoms with E-state index in [-0.39, 0.29) is 6.61 Å². The van der Waals surface area contributed by atoms with E-state index in [1.165, 1.54) is 6.39 Å². The van der Waals surface area contributed by atoms with Gasteiger partial charge in [-0.05, 0) is 18.2 Å². The van der Waals surface area contributed by atoms with Gasteiger partial charge in [-0.25, -0.2) is 0 Å². The summed E-state index contributed by atoms with van der Waals surface area (Å²) in [7, 11) is 0. The zero-order chi connectivity index (χ0) is 14.5. The molecule has 0 bridgehead atoms. The van der Waals surface area contributed by atoms with E-state index in [9.17, 15) is 0 Å². The summed E-state index contributed by atoms with van der Waals surface area (Å²) in [6.07, 6.45) is 5.00. The van der Waals surface area contributed by atoms with Crippen molar-refractivity contribution in [3.05, 3.63) is 48.6 Å². The highest BCUT2D eigenvalue weighted by molar-refractivity contribution is 5.60. The van der Waals surface area contributed by atoms with Gasteiger partial charge in [-0.2, -0.15) is 5.10 Å². The second-order valence-electron chi connectivity index (χ2n) is 4.51. The molecule has 2 heterocycles. The summed E-state index contributed by atoms with van der Waals surface area (Å²) in [5.74, 6) is 0.495. The zero-order valence-electron chi connectivity index (χ0n) is 11.3. The van der Waals surface area contributed by atoms with Crippen molar-refractivity contribution in [3.8, 4) is 11.5 Å². The standard InChI is InChI=1S/C14H15N5O2/c20-5-4-19-9-11(8-17-19)7-15-13-3-1-2-12(6-13)14-18-16-10-21-14/h1-3,6,8-10,15,20H,4-5,7H2. The van der Waals surface area contributed by atoms with Gasteiger partial charge in [-0.15, -0.1) is 10.2 Å². The summed E-state index contributed by atoms with van der Waals surface area (Å²) >= 11 is 0. The predicted molar refractivity (Wildman–Crippen MR) is 76.4 cm³/mol. The van der Waals surface area contributed by atoms with E-state index in [0.29, 0.717) is 19.0 Å². The minimum Gasteiger partial charge on any atom is -0.423 e. The molecule has 0 unspecified atom stereocenters. The Morgan fingerprint density at radius 3 is 3.10 bits per heavy atom. The Kier molecular flexibility index (Phi) is 3.92. The first-order valence-corrected chi connectivity index (χ1v) is 6.58. The smallest absolute Gasteiger partial charge is 0.247 e. The van der Waals surface area contributed by atoms with E-state index in [1.807, 2.05) is 30.5 Å². The normalized spacial score (nSPS) is 10.7. The molecule has 0 saturated carbocycles. The quantitative estimate of drug-likeness (QED) is 0.714. The Labute approximate surface area is 121 Å². The van der Waals surface area contributed by atoms with E-state index < -0.39 is 0 Å². The molecule has 0 saturated heterocycles. The molecule has 0 aliphatic rings. The molecule has 7 nitrogen and oxygen atoms in total. The summed E-state index contributed by atoms with van der Waals surface area (Å²) in [5, 5.41) is 23.9. The van der Waals surface area contributed by atoms with Gasteiger partial charge in [-0.1, -0.05) is 6.07 Å². The van der Waals surface area contributed by atoms with Crippen LogP contribution in [0.15, 0.2) is 47.5 Å². The Morgan fingerprint density at radius 1 is 1.33 bits per heavy atom. The fourth-order valence-electron chi connectivity index (χ4n) is 1.99. The largest absolute Gasteiger partial charge is 0.423 e. The minimum atomic E-state index is 0.0841. The van der Waals surface area contributed by atoms with E-state index >= 15 is 0 Å². The number of nitrogens with zero attached hydrogens (tertiary/aromatic N) is 4. The number of benzene rings is 1. The van der Waals surface area contributed by atoms with Crippen molar-refractivity contribution in [1.82, 2.24) is 20.0 Å². The van der Waals surface area contributed by atoms with Crippen LogP contribution in [0.1, 0.15) is 5.56 Å². The van der Waals surface area contributed by atoms with Crippen molar-refractivity contribution in [2.75, 3.05) is 11.9 Å². The van der Waals surface area contributed by atoms with E-state index in [0.717, 1.165) is 16.8 Å². The van der Waals surface area contributed by atoms with Crippen molar-refractivity contribution >= 4 is 5.69 Å². The Bertz CT molecular complexity index is 693. The van der Waals surface area contributed by atoms with Crippen LogP contribution >= 0.6 is 0 Å². The van der Waals surface area contributed by atoms with Gasteiger partial charge in [0.15, 0.2) is 0 Å². The maximum atomic E-state index is 8.86. The Balaban J connectivity index is 1.66. The summed E-state index contributed by atoms with van der Waals surface area (Å²) in [6, 6.07) is 7.76. The Hall–Kier alpha value is -2.67. The summed E-state index contributed by atoms with van der Waals surface area (Å²) in [6.45, 7) is 1.24. The van der Waals surface area contributed by atoms with E-state index in [4.69, 9.17) is 9.52 Å². The molecule has 7 heteroatoms. The number of aromatic nitrogens is 4. The van der Waals surface area contributed by atoms with Crippen molar-refractivity contribution in [3.63, 3.8) is 0 Å². The lowest BCUT2D eigenvalue weighted by Gasteiger charge is -2.05. The third-order valence-corrected chi connectivity index (χ3v) is 2.98. The minimum absolute atomic E-state index is 0.0841. The first-order chi connectivity index (χ1) is 10.3. The lowest BCUT2D eigenvalue weighted by atomic mass is 10.2. The molecule has 0 fully saturated rings. The van der Waals surface area contributed by atoms with E-state index in [2.05, 4.69) is 20.6 Å². The third kappa shape index (κ3) is 3.26. The van der Waals surface area contributed by atoms with Crippen molar-refractivity contribution < 1.29 is 9.52 Å². The van der Waals surface area contributed by atoms with Crippen LogP contribution in [-0.4, -0.2) is 31.7 Å². The van der Waals surface area contributed by atoms with Crippen LogP contribution in [0, 0.1) is 0 Å². The number of rotatable bonds is 6. The van der Waals surface area contributed by atoms with Crippen LogP contribution < -0.4 is 5.32 Å². The van der Waals surface area contributed by atoms with Gasteiger partial charge in [-0.3, -0.25) is 4.68 Å². The molecule has 1 aromatic carbocycles. The predicted octanol–water partition coefficient (Wildman–Crippen LogP) is 1.54. The lowest BCUT2D eigenvalue weighted by Crippen LogP contribution is -2.02. The van der Waals surface area contributed by atoms with Crippen LogP contribution in [0.25, 0.3) is 11.5 Å². The second-order valence-corrected chi connectivity index (χ2v) is 4.51. The van der Waals surface area contributed by atoms with Crippen molar-refractivity contribution in [2.24, 2.45) is 0 Å². The van der Waals surface area contributed by atoms with Gasteiger partial charge in [0.1, 0.15) is 0 Å². The van der Waals surface area contributed by atoms with Gasteiger partial charge in [0.25, 0.3) is 0 Å².